The fourth-order valence-corrected chi connectivity index (χ4v) is 3.43. The molecule has 1 saturated heterocycles. The van der Waals surface area contributed by atoms with Crippen molar-refractivity contribution in [2.24, 2.45) is 5.92 Å². The van der Waals surface area contributed by atoms with Crippen molar-refractivity contribution in [1.82, 2.24) is 15.5 Å². The number of amides is 1. The third kappa shape index (κ3) is 3.48. The highest BCUT2D eigenvalue weighted by Gasteiger charge is 2.36. The quantitative estimate of drug-likeness (QED) is 0.808. The number of piperidine rings is 1. The minimum absolute atomic E-state index is 0.164. The Bertz CT molecular complexity index is 303. The summed E-state index contributed by atoms with van der Waals surface area (Å²) in [7, 11) is 4.28. The summed E-state index contributed by atoms with van der Waals surface area (Å²) < 4.78 is 0. The molecule has 4 heteroatoms. The van der Waals surface area contributed by atoms with Crippen molar-refractivity contribution in [3.05, 3.63) is 0 Å². The van der Waals surface area contributed by atoms with Crippen LogP contribution in [0.2, 0.25) is 0 Å². The largest absolute Gasteiger partial charge is 0.354 e. The van der Waals surface area contributed by atoms with Gasteiger partial charge in [0.1, 0.15) is 0 Å². The maximum atomic E-state index is 12.3. The molecule has 2 fully saturated rings. The molecule has 1 heterocycles. The summed E-state index contributed by atoms with van der Waals surface area (Å²) in [5.41, 5.74) is 0.199. The highest BCUT2D eigenvalue weighted by molar-refractivity contribution is 5.79. The van der Waals surface area contributed by atoms with Gasteiger partial charge in [0.25, 0.3) is 0 Å². The van der Waals surface area contributed by atoms with Crippen molar-refractivity contribution in [3.63, 3.8) is 0 Å². The predicted molar refractivity (Wildman–Crippen MR) is 78.1 cm³/mol. The molecule has 0 aromatic rings. The van der Waals surface area contributed by atoms with Gasteiger partial charge in [-0.15, -0.1) is 0 Å². The van der Waals surface area contributed by atoms with Crippen molar-refractivity contribution in [3.8, 4) is 0 Å². The average Bonchev–Trinajstić information content (AvgIpc) is 2.87. The van der Waals surface area contributed by atoms with Crippen LogP contribution in [0.1, 0.15) is 45.4 Å². The minimum Gasteiger partial charge on any atom is -0.354 e. The van der Waals surface area contributed by atoms with E-state index in [4.69, 9.17) is 0 Å². The predicted octanol–water partition coefficient (Wildman–Crippen LogP) is 1.37. The highest BCUT2D eigenvalue weighted by atomic mass is 16.1. The zero-order valence-electron chi connectivity index (χ0n) is 12.7. The lowest BCUT2D eigenvalue weighted by Crippen LogP contribution is -2.53. The van der Waals surface area contributed by atoms with Gasteiger partial charge in [-0.05, 0) is 46.7 Å². The average molecular weight is 267 g/mol. The number of hydrogen-bond donors (Lipinski definition) is 2. The maximum Gasteiger partial charge on any atom is 0.224 e. The molecule has 1 saturated carbocycles. The summed E-state index contributed by atoms with van der Waals surface area (Å²) in [6.45, 7) is 3.83. The molecule has 0 spiro atoms. The topological polar surface area (TPSA) is 44.4 Å². The second-order valence-electron chi connectivity index (χ2n) is 6.63. The molecule has 0 radical (unpaired) electrons. The number of nitrogens with one attached hydrogen (secondary N) is 2. The summed E-state index contributed by atoms with van der Waals surface area (Å²) in [6.07, 6.45) is 7.12. The second kappa shape index (κ2) is 6.23. The molecule has 2 atom stereocenters. The highest BCUT2D eigenvalue weighted by Crippen LogP contribution is 2.33. The normalized spacial score (nSPS) is 30.5. The van der Waals surface area contributed by atoms with Gasteiger partial charge < -0.3 is 15.5 Å². The van der Waals surface area contributed by atoms with Crippen molar-refractivity contribution in [2.75, 3.05) is 27.2 Å². The molecular formula is C15H29N3O. The van der Waals surface area contributed by atoms with E-state index in [1.54, 1.807) is 0 Å². The van der Waals surface area contributed by atoms with Crippen LogP contribution in [-0.2, 0) is 4.79 Å². The molecule has 2 rings (SSSR count). The molecule has 2 unspecified atom stereocenters. The third-order valence-corrected chi connectivity index (χ3v) is 5.11. The Morgan fingerprint density at radius 2 is 2.00 bits per heavy atom. The number of carbonyl (C=O) groups excluding carboxylic acids is 1. The van der Waals surface area contributed by atoms with Gasteiger partial charge >= 0.3 is 0 Å². The molecule has 0 bridgehead atoms. The Morgan fingerprint density at radius 1 is 1.32 bits per heavy atom. The van der Waals surface area contributed by atoms with E-state index in [9.17, 15) is 4.79 Å². The molecule has 2 aliphatic rings. The first-order chi connectivity index (χ1) is 9.03. The number of nitrogens with zero attached hydrogens (tertiary/aromatic N) is 1. The van der Waals surface area contributed by atoms with Crippen LogP contribution in [0.4, 0.5) is 0 Å². The molecule has 0 aromatic heterocycles. The van der Waals surface area contributed by atoms with Gasteiger partial charge in [0.2, 0.25) is 5.91 Å². The van der Waals surface area contributed by atoms with Gasteiger partial charge in [-0.25, -0.2) is 0 Å². The lowest BCUT2D eigenvalue weighted by atomic mass is 9.93. The van der Waals surface area contributed by atoms with Crippen LogP contribution in [-0.4, -0.2) is 49.6 Å². The Morgan fingerprint density at radius 3 is 2.53 bits per heavy atom. The fourth-order valence-electron chi connectivity index (χ4n) is 3.43. The lowest BCUT2D eigenvalue weighted by molar-refractivity contribution is -0.126. The molecule has 1 aliphatic heterocycles. The number of rotatable bonds is 4. The third-order valence-electron chi connectivity index (χ3n) is 5.11. The lowest BCUT2D eigenvalue weighted by Gasteiger charge is -2.37. The van der Waals surface area contributed by atoms with Crippen LogP contribution in [0, 0.1) is 5.92 Å². The molecule has 19 heavy (non-hydrogen) atoms. The molecule has 1 amide bonds. The smallest absolute Gasteiger partial charge is 0.224 e. The van der Waals surface area contributed by atoms with Gasteiger partial charge in [0.05, 0.1) is 5.92 Å². The van der Waals surface area contributed by atoms with Gasteiger partial charge in [-0.1, -0.05) is 12.8 Å². The molecule has 110 valence electrons. The standard InChI is InChI=1S/C15H29N3O/c1-12-6-7-13(10-16-12)14(19)17-11-15(18(2)3)8-4-5-9-15/h12-13,16H,4-11H2,1-3H3,(H,17,19). The SMILES string of the molecule is CC1CCC(C(=O)NCC2(N(C)C)CCCC2)CN1. The molecule has 1 aliphatic carbocycles. The van der Waals surface area contributed by atoms with E-state index in [2.05, 4.69) is 36.6 Å². The Labute approximate surface area is 117 Å². The summed E-state index contributed by atoms with van der Waals surface area (Å²) in [5, 5.41) is 6.61. The van der Waals surface area contributed by atoms with Gasteiger partial charge in [-0.3, -0.25) is 4.79 Å². The minimum atomic E-state index is 0.164. The van der Waals surface area contributed by atoms with Crippen LogP contribution >= 0.6 is 0 Å². The van der Waals surface area contributed by atoms with E-state index in [0.717, 1.165) is 25.9 Å². The first kappa shape index (κ1) is 14.8. The van der Waals surface area contributed by atoms with E-state index in [-0.39, 0.29) is 17.4 Å². The van der Waals surface area contributed by atoms with Crippen molar-refractivity contribution in [1.29, 1.82) is 0 Å². The summed E-state index contributed by atoms with van der Waals surface area (Å²) in [6, 6.07) is 0.562. The van der Waals surface area contributed by atoms with Gasteiger partial charge in [0.15, 0.2) is 0 Å². The van der Waals surface area contributed by atoms with E-state index in [1.165, 1.54) is 25.7 Å². The van der Waals surface area contributed by atoms with E-state index < -0.39 is 0 Å². The zero-order chi connectivity index (χ0) is 13.9. The fraction of sp³-hybridized carbons (Fsp3) is 0.933. The Balaban J connectivity index is 1.82. The summed E-state index contributed by atoms with van der Waals surface area (Å²) in [4.78, 5) is 14.6. The van der Waals surface area contributed by atoms with Crippen LogP contribution in [0.5, 0.6) is 0 Å². The Hall–Kier alpha value is -0.610. The van der Waals surface area contributed by atoms with Crippen LogP contribution in [0.3, 0.4) is 0 Å². The van der Waals surface area contributed by atoms with Crippen molar-refractivity contribution < 1.29 is 4.79 Å². The first-order valence-corrected chi connectivity index (χ1v) is 7.72. The van der Waals surface area contributed by atoms with Crippen molar-refractivity contribution in [2.45, 2.75) is 57.0 Å². The number of carbonyl (C=O) groups is 1. The van der Waals surface area contributed by atoms with E-state index >= 15 is 0 Å². The monoisotopic (exact) mass is 267 g/mol. The number of hydrogen-bond acceptors (Lipinski definition) is 3. The first-order valence-electron chi connectivity index (χ1n) is 7.72. The van der Waals surface area contributed by atoms with Gasteiger partial charge in [0, 0.05) is 24.7 Å². The van der Waals surface area contributed by atoms with Crippen LogP contribution < -0.4 is 10.6 Å². The van der Waals surface area contributed by atoms with Crippen LogP contribution in [0.15, 0.2) is 0 Å². The molecule has 4 nitrogen and oxygen atoms in total. The maximum absolute atomic E-state index is 12.3. The Kier molecular flexibility index (Phi) is 4.85. The zero-order valence-corrected chi connectivity index (χ0v) is 12.7. The van der Waals surface area contributed by atoms with Crippen molar-refractivity contribution >= 4 is 5.91 Å². The second-order valence-corrected chi connectivity index (χ2v) is 6.63. The molecule has 0 aromatic carbocycles. The molecule has 2 N–H and O–H groups in total. The van der Waals surface area contributed by atoms with E-state index in [1.807, 2.05) is 0 Å². The number of likely N-dealkylation sites (N-methyl/N-ethyl adjacent to an activating group) is 1. The summed E-state index contributed by atoms with van der Waals surface area (Å²) in [5.74, 6) is 0.407. The van der Waals surface area contributed by atoms with Crippen LogP contribution in [0.25, 0.3) is 0 Å². The molecular weight excluding hydrogens is 238 g/mol. The van der Waals surface area contributed by atoms with E-state index in [0.29, 0.717) is 6.04 Å². The van der Waals surface area contributed by atoms with Gasteiger partial charge in [-0.2, -0.15) is 0 Å². The summed E-state index contributed by atoms with van der Waals surface area (Å²) >= 11 is 0.